The zero-order valence-corrected chi connectivity index (χ0v) is 22.3. The van der Waals surface area contributed by atoms with Crippen molar-refractivity contribution >= 4 is 13.8 Å². The fourth-order valence-corrected chi connectivity index (χ4v) is 4.88. The van der Waals surface area contributed by atoms with E-state index < -0.39 is 26.2 Å². The summed E-state index contributed by atoms with van der Waals surface area (Å²) in [7, 11) is 1.45. The Hall–Kier alpha value is -0.760. The third-order valence-corrected chi connectivity index (χ3v) is 6.65. The average Bonchev–Trinajstić information content (AvgIpc) is 2.69. The average molecular weight is 495 g/mol. The van der Waals surface area contributed by atoms with Gasteiger partial charge in [-0.3, -0.25) is 18.4 Å². The van der Waals surface area contributed by atoms with Gasteiger partial charge in [-0.15, -0.1) is 0 Å². The molecule has 0 rings (SSSR count). The SMILES string of the molecule is C=C[C@H](O)OP(=O)(OCCCCCCCCCCCCCC)OC(CC(=O)O)C[N+](C)(C)C. The highest BCUT2D eigenvalue weighted by atomic mass is 31.2. The van der Waals surface area contributed by atoms with Crippen molar-refractivity contribution in [3.05, 3.63) is 12.7 Å². The third-order valence-electron chi connectivity index (χ3n) is 5.12. The van der Waals surface area contributed by atoms with Gasteiger partial charge in [0, 0.05) is 0 Å². The summed E-state index contributed by atoms with van der Waals surface area (Å²) in [5.74, 6) is -1.08. The van der Waals surface area contributed by atoms with Gasteiger partial charge in [-0.2, -0.15) is 0 Å². The predicted molar refractivity (Wildman–Crippen MR) is 132 cm³/mol. The molecule has 0 aromatic rings. The zero-order chi connectivity index (χ0) is 25.2. The van der Waals surface area contributed by atoms with Crippen LogP contribution >= 0.6 is 7.82 Å². The van der Waals surface area contributed by atoms with Crippen molar-refractivity contribution in [2.45, 2.75) is 103 Å². The van der Waals surface area contributed by atoms with Crippen LogP contribution in [0.3, 0.4) is 0 Å². The minimum absolute atomic E-state index is 0.142. The van der Waals surface area contributed by atoms with Crippen LogP contribution in [0, 0.1) is 0 Å². The topological polar surface area (TPSA) is 102 Å². The van der Waals surface area contributed by atoms with Crippen LogP contribution in [-0.4, -0.2) is 67.4 Å². The maximum Gasteiger partial charge on any atom is 0.477 e. The lowest BCUT2D eigenvalue weighted by atomic mass is 10.1. The molecule has 0 saturated heterocycles. The van der Waals surface area contributed by atoms with Crippen LogP contribution in [0.5, 0.6) is 0 Å². The largest absolute Gasteiger partial charge is 0.481 e. The van der Waals surface area contributed by atoms with E-state index in [0.717, 1.165) is 18.9 Å². The molecule has 33 heavy (non-hydrogen) atoms. The van der Waals surface area contributed by atoms with E-state index in [2.05, 4.69) is 13.5 Å². The molecule has 0 saturated carbocycles. The van der Waals surface area contributed by atoms with Crippen LogP contribution in [0.25, 0.3) is 0 Å². The first-order valence-corrected chi connectivity index (χ1v) is 13.9. The van der Waals surface area contributed by atoms with E-state index in [-0.39, 0.29) is 19.6 Å². The molecule has 0 spiro atoms. The molecular formula is C24H49NO7P+. The maximum atomic E-state index is 13.1. The number of nitrogens with zero attached hydrogens (tertiary/aromatic N) is 1. The zero-order valence-electron chi connectivity index (χ0n) is 21.4. The Morgan fingerprint density at radius 2 is 1.42 bits per heavy atom. The monoisotopic (exact) mass is 494 g/mol. The number of carbonyl (C=O) groups is 1. The maximum absolute atomic E-state index is 13.1. The van der Waals surface area contributed by atoms with Gasteiger partial charge in [0.15, 0.2) is 6.29 Å². The van der Waals surface area contributed by atoms with Crippen LogP contribution in [0.2, 0.25) is 0 Å². The minimum atomic E-state index is -4.17. The van der Waals surface area contributed by atoms with Crippen LogP contribution < -0.4 is 0 Å². The molecule has 0 aliphatic carbocycles. The van der Waals surface area contributed by atoms with Gasteiger partial charge in [0.25, 0.3) is 0 Å². The second kappa shape index (κ2) is 18.6. The number of aliphatic hydroxyl groups is 1. The lowest BCUT2D eigenvalue weighted by molar-refractivity contribution is -0.873. The number of rotatable bonds is 23. The number of aliphatic hydroxyl groups excluding tert-OH is 1. The van der Waals surface area contributed by atoms with Gasteiger partial charge in [-0.1, -0.05) is 84.1 Å². The van der Waals surface area contributed by atoms with Gasteiger partial charge >= 0.3 is 13.8 Å². The van der Waals surface area contributed by atoms with Gasteiger partial charge < -0.3 is 14.7 Å². The number of aliphatic carboxylic acids is 1. The molecule has 0 fully saturated rings. The molecule has 0 heterocycles. The Labute approximate surface area is 201 Å². The molecule has 0 bridgehead atoms. The molecule has 0 aromatic heterocycles. The van der Waals surface area contributed by atoms with Crippen molar-refractivity contribution in [3.63, 3.8) is 0 Å². The van der Waals surface area contributed by atoms with Gasteiger partial charge in [-0.05, 0) is 12.5 Å². The van der Waals surface area contributed by atoms with Gasteiger partial charge in [-0.25, -0.2) is 4.57 Å². The van der Waals surface area contributed by atoms with E-state index in [0.29, 0.717) is 10.9 Å². The molecular weight excluding hydrogens is 445 g/mol. The lowest BCUT2D eigenvalue weighted by Crippen LogP contribution is -2.43. The number of likely N-dealkylation sites (N-methyl/N-ethyl adjacent to an activating group) is 1. The van der Waals surface area contributed by atoms with Gasteiger partial charge in [0.2, 0.25) is 0 Å². The van der Waals surface area contributed by atoms with Crippen molar-refractivity contribution in [2.75, 3.05) is 34.3 Å². The summed E-state index contributed by atoms with van der Waals surface area (Å²) in [6, 6.07) is 0. The van der Waals surface area contributed by atoms with Crippen LogP contribution in [0.15, 0.2) is 12.7 Å². The number of phosphoric ester groups is 1. The lowest BCUT2D eigenvalue weighted by Gasteiger charge is -2.30. The molecule has 8 nitrogen and oxygen atoms in total. The second-order valence-electron chi connectivity index (χ2n) is 9.70. The first kappa shape index (κ1) is 32.2. The predicted octanol–water partition coefficient (Wildman–Crippen LogP) is 5.90. The molecule has 2 N–H and O–H groups in total. The van der Waals surface area contributed by atoms with Crippen LogP contribution in [0.4, 0.5) is 0 Å². The van der Waals surface area contributed by atoms with Crippen molar-refractivity contribution in [2.24, 2.45) is 0 Å². The highest BCUT2D eigenvalue weighted by Gasteiger charge is 2.36. The summed E-state index contributed by atoms with van der Waals surface area (Å²) >= 11 is 0. The molecule has 2 unspecified atom stereocenters. The molecule has 0 aliphatic rings. The van der Waals surface area contributed by atoms with Gasteiger partial charge in [0.05, 0.1) is 34.2 Å². The van der Waals surface area contributed by atoms with Gasteiger partial charge in [0.1, 0.15) is 12.6 Å². The standard InChI is InChI=1S/C24H48NO7P/c1-6-8-9-10-11-12-13-14-15-16-17-18-19-30-33(29,32-24(28)7-2)31-22(20-23(26)27)21-25(3,4)5/h7,22,24,28H,2,6,8-21H2,1,3-5H3/p+1/t22?,24-,33?/m1/s1. The van der Waals surface area contributed by atoms with E-state index in [4.69, 9.17) is 13.6 Å². The molecule has 9 heteroatoms. The minimum Gasteiger partial charge on any atom is -0.481 e. The first-order valence-electron chi connectivity index (χ1n) is 12.5. The summed E-state index contributed by atoms with van der Waals surface area (Å²) in [5, 5.41) is 18.9. The first-order chi connectivity index (χ1) is 15.5. The molecule has 0 aromatic carbocycles. The van der Waals surface area contributed by atoms with E-state index in [1.54, 1.807) is 0 Å². The fourth-order valence-electron chi connectivity index (χ4n) is 3.50. The Balaban J connectivity index is 4.38. The van der Waals surface area contributed by atoms with E-state index in [1.165, 1.54) is 57.8 Å². The molecule has 196 valence electrons. The number of carboxylic acid groups (broad SMARTS) is 1. The summed E-state index contributed by atoms with van der Waals surface area (Å²) in [6.07, 6.45) is 12.6. The number of phosphoric acid groups is 1. The molecule has 3 atom stereocenters. The van der Waals surface area contributed by atoms with Crippen molar-refractivity contribution < 1.29 is 37.6 Å². The number of hydrogen-bond acceptors (Lipinski definition) is 6. The number of hydrogen-bond donors (Lipinski definition) is 2. The highest BCUT2D eigenvalue weighted by molar-refractivity contribution is 7.48. The summed E-state index contributed by atoms with van der Waals surface area (Å²) in [4.78, 5) is 11.2. The molecule has 0 aliphatic heterocycles. The third kappa shape index (κ3) is 20.3. The summed E-state index contributed by atoms with van der Waals surface area (Å²) < 4.78 is 29.5. The normalized spacial score (nSPS) is 15.7. The Morgan fingerprint density at radius 3 is 1.85 bits per heavy atom. The van der Waals surface area contributed by atoms with Crippen LogP contribution in [-0.2, 0) is 22.9 Å². The fraction of sp³-hybridized carbons (Fsp3) is 0.875. The van der Waals surface area contributed by atoms with Crippen LogP contribution in [0.1, 0.15) is 90.4 Å². The molecule has 0 amide bonds. The Morgan fingerprint density at radius 1 is 0.939 bits per heavy atom. The quantitative estimate of drug-likeness (QED) is 0.0599. The Bertz CT molecular complexity index is 566. The molecule has 0 radical (unpaired) electrons. The Kier molecular flexibility index (Phi) is 18.1. The number of unbranched alkanes of at least 4 members (excludes halogenated alkanes) is 11. The highest BCUT2D eigenvalue weighted by Crippen LogP contribution is 2.52. The van der Waals surface area contributed by atoms with E-state index >= 15 is 0 Å². The number of quaternary nitrogens is 1. The number of carboxylic acids is 1. The smallest absolute Gasteiger partial charge is 0.477 e. The second-order valence-corrected chi connectivity index (χ2v) is 11.3. The van der Waals surface area contributed by atoms with Crippen molar-refractivity contribution in [1.29, 1.82) is 0 Å². The van der Waals surface area contributed by atoms with E-state index in [9.17, 15) is 19.6 Å². The van der Waals surface area contributed by atoms with Crippen molar-refractivity contribution in [1.82, 2.24) is 0 Å². The summed E-state index contributed by atoms with van der Waals surface area (Å²) in [5.41, 5.74) is 0. The summed E-state index contributed by atoms with van der Waals surface area (Å²) in [6.45, 7) is 6.06. The van der Waals surface area contributed by atoms with Crippen molar-refractivity contribution in [3.8, 4) is 0 Å². The van der Waals surface area contributed by atoms with E-state index in [1.807, 2.05) is 21.1 Å².